The third kappa shape index (κ3) is 3.49. The maximum atomic E-state index is 13.5. The zero-order valence-electron chi connectivity index (χ0n) is 10.7. The SMILES string of the molecule is CCOC(CC)C(NN)c1ccc(C)c(F)c1. The maximum absolute atomic E-state index is 13.5. The molecular formula is C13H21FN2O. The topological polar surface area (TPSA) is 47.3 Å². The molecule has 0 aliphatic carbocycles. The van der Waals surface area contributed by atoms with Crippen LogP contribution in [0.3, 0.4) is 0 Å². The van der Waals surface area contributed by atoms with Crippen LogP contribution in [0, 0.1) is 12.7 Å². The number of rotatable bonds is 6. The summed E-state index contributed by atoms with van der Waals surface area (Å²) in [4.78, 5) is 0. The largest absolute Gasteiger partial charge is 0.376 e. The average Bonchev–Trinajstić information content (AvgIpc) is 2.33. The van der Waals surface area contributed by atoms with Crippen LogP contribution in [-0.2, 0) is 4.74 Å². The molecule has 96 valence electrons. The van der Waals surface area contributed by atoms with Crippen molar-refractivity contribution < 1.29 is 9.13 Å². The summed E-state index contributed by atoms with van der Waals surface area (Å²) in [6, 6.07) is 4.97. The van der Waals surface area contributed by atoms with Gasteiger partial charge >= 0.3 is 0 Å². The summed E-state index contributed by atoms with van der Waals surface area (Å²) < 4.78 is 19.1. The van der Waals surface area contributed by atoms with Crippen LogP contribution in [0.25, 0.3) is 0 Å². The standard InChI is InChI=1S/C13H21FN2O/c1-4-12(17-5-2)13(16-15)10-7-6-9(3)11(14)8-10/h6-8,12-13,16H,4-5,15H2,1-3H3. The molecule has 17 heavy (non-hydrogen) atoms. The summed E-state index contributed by atoms with van der Waals surface area (Å²) >= 11 is 0. The second-order valence-corrected chi connectivity index (χ2v) is 4.06. The molecule has 1 aromatic rings. The number of nitrogens with two attached hydrogens (primary N) is 1. The molecule has 0 aromatic heterocycles. The van der Waals surface area contributed by atoms with Crippen molar-refractivity contribution in [1.82, 2.24) is 5.43 Å². The van der Waals surface area contributed by atoms with E-state index < -0.39 is 0 Å². The number of ether oxygens (including phenoxy) is 1. The van der Waals surface area contributed by atoms with Gasteiger partial charge in [-0.1, -0.05) is 19.1 Å². The molecule has 0 saturated heterocycles. The number of nitrogens with one attached hydrogen (secondary N) is 1. The lowest BCUT2D eigenvalue weighted by atomic mass is 9.99. The Morgan fingerprint density at radius 1 is 1.41 bits per heavy atom. The molecule has 0 radical (unpaired) electrons. The first-order valence-corrected chi connectivity index (χ1v) is 5.97. The Balaban J connectivity index is 2.95. The van der Waals surface area contributed by atoms with Crippen LogP contribution in [0.15, 0.2) is 18.2 Å². The van der Waals surface area contributed by atoms with Gasteiger partial charge in [0.25, 0.3) is 0 Å². The summed E-state index contributed by atoms with van der Waals surface area (Å²) in [5, 5.41) is 0. The van der Waals surface area contributed by atoms with E-state index in [1.165, 1.54) is 6.07 Å². The first-order chi connectivity index (χ1) is 8.13. The molecule has 0 amide bonds. The zero-order chi connectivity index (χ0) is 12.8. The van der Waals surface area contributed by atoms with Crippen LogP contribution in [0.2, 0.25) is 0 Å². The van der Waals surface area contributed by atoms with Crippen molar-refractivity contribution in [3.63, 3.8) is 0 Å². The van der Waals surface area contributed by atoms with Gasteiger partial charge in [-0.3, -0.25) is 11.3 Å². The second kappa shape index (κ2) is 6.69. The van der Waals surface area contributed by atoms with Crippen molar-refractivity contribution in [2.24, 2.45) is 5.84 Å². The fourth-order valence-electron chi connectivity index (χ4n) is 1.88. The lowest BCUT2D eigenvalue weighted by Gasteiger charge is -2.26. The molecule has 3 nitrogen and oxygen atoms in total. The van der Waals surface area contributed by atoms with E-state index in [4.69, 9.17) is 10.6 Å². The third-order valence-electron chi connectivity index (χ3n) is 2.89. The Labute approximate surface area is 102 Å². The minimum Gasteiger partial charge on any atom is -0.376 e. The lowest BCUT2D eigenvalue weighted by molar-refractivity contribution is 0.0313. The molecule has 0 aliphatic rings. The van der Waals surface area contributed by atoms with Gasteiger partial charge in [0.2, 0.25) is 0 Å². The molecule has 0 fully saturated rings. The van der Waals surface area contributed by atoms with Crippen molar-refractivity contribution in [2.75, 3.05) is 6.61 Å². The Kier molecular flexibility index (Phi) is 5.55. The number of halogens is 1. The van der Waals surface area contributed by atoms with Crippen LogP contribution in [0.1, 0.15) is 37.4 Å². The fraction of sp³-hybridized carbons (Fsp3) is 0.538. The summed E-state index contributed by atoms with van der Waals surface area (Å²) in [6.07, 6.45) is 0.769. The highest BCUT2D eigenvalue weighted by Crippen LogP contribution is 2.22. The number of aryl methyl sites for hydroxylation is 1. The molecule has 4 heteroatoms. The van der Waals surface area contributed by atoms with Crippen molar-refractivity contribution in [2.45, 2.75) is 39.3 Å². The highest BCUT2D eigenvalue weighted by molar-refractivity contribution is 5.26. The minimum absolute atomic E-state index is 0.0490. The summed E-state index contributed by atoms with van der Waals surface area (Å²) in [5.74, 6) is 5.33. The first-order valence-electron chi connectivity index (χ1n) is 5.97. The third-order valence-corrected chi connectivity index (χ3v) is 2.89. The normalized spacial score (nSPS) is 14.6. The van der Waals surface area contributed by atoms with Gasteiger partial charge in [-0.05, 0) is 37.5 Å². The number of benzene rings is 1. The Hall–Kier alpha value is -0.970. The molecule has 0 aliphatic heterocycles. The maximum Gasteiger partial charge on any atom is 0.126 e. The lowest BCUT2D eigenvalue weighted by Crippen LogP contribution is -2.37. The molecule has 2 unspecified atom stereocenters. The van der Waals surface area contributed by atoms with Crippen LogP contribution in [0.5, 0.6) is 0 Å². The quantitative estimate of drug-likeness (QED) is 0.593. The number of hydrogen-bond acceptors (Lipinski definition) is 3. The van der Waals surface area contributed by atoms with Crippen LogP contribution in [0.4, 0.5) is 4.39 Å². The van der Waals surface area contributed by atoms with Gasteiger partial charge in [-0.15, -0.1) is 0 Å². The fourth-order valence-corrected chi connectivity index (χ4v) is 1.88. The van der Waals surface area contributed by atoms with Gasteiger partial charge in [0, 0.05) is 6.61 Å². The van der Waals surface area contributed by atoms with Crippen molar-refractivity contribution in [3.05, 3.63) is 35.1 Å². The van der Waals surface area contributed by atoms with E-state index in [1.54, 1.807) is 13.0 Å². The number of hydrazine groups is 1. The van der Waals surface area contributed by atoms with Crippen LogP contribution < -0.4 is 11.3 Å². The van der Waals surface area contributed by atoms with Gasteiger partial charge in [0.1, 0.15) is 5.82 Å². The summed E-state index contributed by atoms with van der Waals surface area (Å²) in [7, 11) is 0. The first kappa shape index (κ1) is 14.1. The van der Waals surface area contributed by atoms with E-state index >= 15 is 0 Å². The molecule has 0 bridgehead atoms. The van der Waals surface area contributed by atoms with Crippen molar-refractivity contribution >= 4 is 0 Å². The zero-order valence-corrected chi connectivity index (χ0v) is 10.7. The van der Waals surface area contributed by atoms with E-state index in [-0.39, 0.29) is 18.0 Å². The molecular weight excluding hydrogens is 219 g/mol. The smallest absolute Gasteiger partial charge is 0.126 e. The van der Waals surface area contributed by atoms with Gasteiger partial charge in [-0.2, -0.15) is 0 Å². The van der Waals surface area contributed by atoms with Crippen LogP contribution >= 0.6 is 0 Å². The molecule has 1 aromatic carbocycles. The van der Waals surface area contributed by atoms with E-state index in [2.05, 4.69) is 5.43 Å². The van der Waals surface area contributed by atoms with Gasteiger partial charge in [-0.25, -0.2) is 4.39 Å². The molecule has 0 saturated carbocycles. The molecule has 3 N–H and O–H groups in total. The van der Waals surface area contributed by atoms with Gasteiger partial charge < -0.3 is 4.74 Å². The van der Waals surface area contributed by atoms with E-state index in [0.29, 0.717) is 12.2 Å². The minimum atomic E-state index is -0.214. The van der Waals surface area contributed by atoms with Gasteiger partial charge in [0.15, 0.2) is 0 Å². The summed E-state index contributed by atoms with van der Waals surface area (Å²) in [6.45, 7) is 6.32. The monoisotopic (exact) mass is 240 g/mol. The number of hydrogen-bond donors (Lipinski definition) is 2. The molecule has 0 heterocycles. The predicted octanol–water partition coefficient (Wildman–Crippen LogP) is 2.45. The molecule has 1 rings (SSSR count). The molecule has 2 atom stereocenters. The predicted molar refractivity (Wildman–Crippen MR) is 66.9 cm³/mol. The van der Waals surface area contributed by atoms with Gasteiger partial charge in [0.05, 0.1) is 12.1 Å². The Morgan fingerprint density at radius 3 is 2.59 bits per heavy atom. The Bertz CT molecular complexity index is 357. The van der Waals surface area contributed by atoms with Crippen LogP contribution in [-0.4, -0.2) is 12.7 Å². The molecule has 0 spiro atoms. The average molecular weight is 240 g/mol. The van der Waals surface area contributed by atoms with E-state index in [0.717, 1.165) is 12.0 Å². The summed E-state index contributed by atoms with van der Waals surface area (Å²) in [5.41, 5.74) is 4.16. The highest BCUT2D eigenvalue weighted by Gasteiger charge is 2.21. The van der Waals surface area contributed by atoms with Crippen molar-refractivity contribution in [3.8, 4) is 0 Å². The Morgan fingerprint density at radius 2 is 2.12 bits per heavy atom. The van der Waals surface area contributed by atoms with E-state index in [9.17, 15) is 4.39 Å². The highest BCUT2D eigenvalue weighted by atomic mass is 19.1. The van der Waals surface area contributed by atoms with E-state index in [1.807, 2.05) is 19.9 Å². The van der Waals surface area contributed by atoms with Crippen molar-refractivity contribution in [1.29, 1.82) is 0 Å². The second-order valence-electron chi connectivity index (χ2n) is 4.06.